The Morgan fingerprint density at radius 3 is 2.39 bits per heavy atom. The molecule has 0 aliphatic rings. The summed E-state index contributed by atoms with van der Waals surface area (Å²) in [7, 11) is 3.07. The molecule has 1 atom stereocenters. The lowest BCUT2D eigenvalue weighted by Gasteiger charge is -2.15. The number of hydrogen-bond donors (Lipinski definition) is 2. The second-order valence-electron chi connectivity index (χ2n) is 6.19. The van der Waals surface area contributed by atoms with Gasteiger partial charge in [-0.15, -0.1) is 0 Å². The Bertz CT molecular complexity index is 854. The van der Waals surface area contributed by atoms with Crippen molar-refractivity contribution < 1.29 is 32.5 Å². The molecule has 2 rings (SSSR count). The molecule has 2 N–H and O–H groups in total. The van der Waals surface area contributed by atoms with Gasteiger partial charge in [-0.05, 0) is 24.3 Å². The van der Waals surface area contributed by atoms with Crippen LogP contribution in [0.4, 0.5) is 24.5 Å². The number of amides is 1. The average molecular weight is 398 g/mol. The first kappa shape index (κ1) is 21.2. The Labute approximate surface area is 158 Å². The SMILES string of the molecule is COc1ccc(NC(=O)C[NH+](C)Cc2ccc(C(F)(F)F)cc2)c([N+](=O)[O-])c1. The summed E-state index contributed by atoms with van der Waals surface area (Å²) < 4.78 is 42.7. The van der Waals surface area contributed by atoms with Crippen LogP contribution >= 0.6 is 0 Å². The summed E-state index contributed by atoms with van der Waals surface area (Å²) in [6.07, 6.45) is -4.40. The van der Waals surface area contributed by atoms with Gasteiger partial charge in [0.2, 0.25) is 0 Å². The van der Waals surface area contributed by atoms with Gasteiger partial charge >= 0.3 is 6.18 Å². The fourth-order valence-electron chi connectivity index (χ4n) is 2.59. The second kappa shape index (κ2) is 8.70. The van der Waals surface area contributed by atoms with E-state index in [0.29, 0.717) is 17.0 Å². The van der Waals surface area contributed by atoms with Crippen LogP contribution in [0.2, 0.25) is 0 Å². The van der Waals surface area contributed by atoms with Gasteiger partial charge in [0.1, 0.15) is 18.0 Å². The van der Waals surface area contributed by atoms with E-state index in [-0.39, 0.29) is 23.7 Å². The van der Waals surface area contributed by atoms with Crippen molar-refractivity contribution in [3.05, 3.63) is 63.7 Å². The average Bonchev–Trinajstić information content (AvgIpc) is 2.61. The topological polar surface area (TPSA) is 85.9 Å². The zero-order chi connectivity index (χ0) is 20.9. The van der Waals surface area contributed by atoms with Crippen molar-refractivity contribution in [2.45, 2.75) is 12.7 Å². The summed E-state index contributed by atoms with van der Waals surface area (Å²) in [5.41, 5.74) is -0.363. The molecule has 0 saturated carbocycles. The van der Waals surface area contributed by atoms with Gasteiger partial charge in [0.05, 0.1) is 30.7 Å². The maximum atomic E-state index is 12.6. The molecular weight excluding hydrogens is 379 g/mol. The van der Waals surface area contributed by atoms with Crippen molar-refractivity contribution in [2.24, 2.45) is 0 Å². The Balaban J connectivity index is 1.98. The predicted octanol–water partition coefficient (Wildman–Crippen LogP) is 2.28. The highest BCUT2D eigenvalue weighted by molar-refractivity contribution is 5.93. The molecule has 0 radical (unpaired) electrons. The van der Waals surface area contributed by atoms with Crippen LogP contribution in [0.3, 0.4) is 0 Å². The van der Waals surface area contributed by atoms with Crippen molar-refractivity contribution in [1.82, 2.24) is 0 Å². The van der Waals surface area contributed by atoms with Crippen molar-refractivity contribution in [3.8, 4) is 5.75 Å². The van der Waals surface area contributed by atoms with Gasteiger partial charge in [0.15, 0.2) is 6.54 Å². The Morgan fingerprint density at radius 2 is 1.86 bits per heavy atom. The summed E-state index contributed by atoms with van der Waals surface area (Å²) in [4.78, 5) is 23.4. The number of likely N-dealkylation sites (N-methyl/N-ethyl adjacent to an activating group) is 1. The number of carbonyl (C=O) groups excluding carboxylic acids is 1. The molecule has 0 aromatic heterocycles. The highest BCUT2D eigenvalue weighted by Crippen LogP contribution is 2.29. The zero-order valence-electron chi connectivity index (χ0n) is 15.2. The highest BCUT2D eigenvalue weighted by atomic mass is 19.4. The van der Waals surface area contributed by atoms with Crippen molar-refractivity contribution in [1.29, 1.82) is 0 Å². The number of halogens is 3. The summed E-state index contributed by atoms with van der Waals surface area (Å²) in [6, 6.07) is 8.76. The molecule has 0 fully saturated rings. The van der Waals surface area contributed by atoms with Crippen LogP contribution < -0.4 is 15.0 Å². The van der Waals surface area contributed by atoms with Crippen LogP contribution in [0, 0.1) is 10.1 Å². The number of hydrogen-bond acceptors (Lipinski definition) is 4. The van der Waals surface area contributed by atoms with Gasteiger partial charge in [-0.3, -0.25) is 14.9 Å². The second-order valence-corrected chi connectivity index (χ2v) is 6.19. The molecule has 0 spiro atoms. The number of ether oxygens (including phenoxy) is 1. The first-order chi connectivity index (χ1) is 13.1. The third-order valence-electron chi connectivity index (χ3n) is 3.93. The predicted molar refractivity (Wildman–Crippen MR) is 95.2 cm³/mol. The van der Waals surface area contributed by atoms with Gasteiger partial charge in [-0.2, -0.15) is 13.2 Å². The Morgan fingerprint density at radius 1 is 1.21 bits per heavy atom. The molecule has 1 amide bonds. The van der Waals surface area contributed by atoms with Crippen LogP contribution in [-0.2, 0) is 17.5 Å². The number of anilines is 1. The molecule has 28 heavy (non-hydrogen) atoms. The third-order valence-corrected chi connectivity index (χ3v) is 3.93. The molecule has 10 heteroatoms. The van der Waals surface area contributed by atoms with Gasteiger partial charge in [0, 0.05) is 5.56 Å². The minimum atomic E-state index is -4.40. The molecule has 2 aromatic carbocycles. The van der Waals surface area contributed by atoms with E-state index in [1.165, 1.54) is 37.4 Å². The number of methoxy groups -OCH3 is 1. The normalized spacial score (nSPS) is 12.3. The third kappa shape index (κ3) is 5.68. The fraction of sp³-hybridized carbons (Fsp3) is 0.278. The van der Waals surface area contributed by atoms with E-state index in [2.05, 4.69) is 5.32 Å². The molecular formula is C18H19F3N3O4+. The van der Waals surface area contributed by atoms with Crippen molar-refractivity contribution >= 4 is 17.3 Å². The maximum Gasteiger partial charge on any atom is 0.416 e. The molecule has 0 heterocycles. The Hall–Kier alpha value is -3.14. The maximum absolute atomic E-state index is 12.6. The number of benzene rings is 2. The first-order valence-corrected chi connectivity index (χ1v) is 8.20. The van der Waals surface area contributed by atoms with E-state index in [1.54, 1.807) is 7.05 Å². The van der Waals surface area contributed by atoms with Crippen LogP contribution in [-0.4, -0.2) is 31.5 Å². The van der Waals surface area contributed by atoms with Crippen molar-refractivity contribution in [3.63, 3.8) is 0 Å². The number of nitro benzene ring substituents is 1. The van der Waals surface area contributed by atoms with E-state index in [4.69, 9.17) is 4.74 Å². The number of alkyl halides is 3. The number of nitrogens with zero attached hydrogens (tertiary/aromatic N) is 1. The number of quaternary nitrogens is 1. The largest absolute Gasteiger partial charge is 0.496 e. The van der Waals surface area contributed by atoms with E-state index in [0.717, 1.165) is 12.1 Å². The summed E-state index contributed by atoms with van der Waals surface area (Å²) in [6.45, 7) is 0.292. The van der Waals surface area contributed by atoms with Gasteiger partial charge < -0.3 is 15.0 Å². The van der Waals surface area contributed by atoms with E-state index >= 15 is 0 Å². The van der Waals surface area contributed by atoms with E-state index < -0.39 is 22.6 Å². The fourth-order valence-corrected chi connectivity index (χ4v) is 2.59. The lowest BCUT2D eigenvalue weighted by molar-refractivity contribution is -0.885. The zero-order valence-corrected chi connectivity index (χ0v) is 15.2. The molecule has 1 unspecified atom stereocenters. The summed E-state index contributed by atoms with van der Waals surface area (Å²) in [5.74, 6) is -0.174. The first-order valence-electron chi connectivity index (χ1n) is 8.20. The van der Waals surface area contributed by atoms with Gasteiger partial charge in [-0.25, -0.2) is 0 Å². The molecule has 0 aliphatic carbocycles. The number of carbonyl (C=O) groups is 1. The minimum Gasteiger partial charge on any atom is -0.496 e. The van der Waals surface area contributed by atoms with Crippen LogP contribution in [0.15, 0.2) is 42.5 Å². The van der Waals surface area contributed by atoms with E-state index in [9.17, 15) is 28.1 Å². The summed E-state index contributed by atoms with van der Waals surface area (Å²) >= 11 is 0. The van der Waals surface area contributed by atoms with Crippen LogP contribution in [0.25, 0.3) is 0 Å². The number of nitrogens with one attached hydrogen (secondary N) is 2. The van der Waals surface area contributed by atoms with Crippen LogP contribution in [0.5, 0.6) is 5.75 Å². The van der Waals surface area contributed by atoms with Crippen molar-refractivity contribution in [2.75, 3.05) is 26.0 Å². The minimum absolute atomic E-state index is 0.0236. The van der Waals surface area contributed by atoms with Gasteiger partial charge in [-0.1, -0.05) is 12.1 Å². The lowest BCUT2D eigenvalue weighted by Crippen LogP contribution is -3.08. The monoisotopic (exact) mass is 398 g/mol. The standard InChI is InChI=1S/C18H18F3N3O4/c1-23(10-12-3-5-13(6-4-12)18(19,20)21)11-17(25)22-15-8-7-14(28-2)9-16(15)24(26)27/h3-9H,10-11H2,1-2H3,(H,22,25)/p+1. The number of nitro groups is 1. The smallest absolute Gasteiger partial charge is 0.416 e. The lowest BCUT2D eigenvalue weighted by atomic mass is 10.1. The highest BCUT2D eigenvalue weighted by Gasteiger charge is 2.30. The quantitative estimate of drug-likeness (QED) is 0.554. The molecule has 2 aromatic rings. The summed E-state index contributed by atoms with van der Waals surface area (Å²) in [5, 5.41) is 13.6. The molecule has 0 aliphatic heterocycles. The molecule has 0 saturated heterocycles. The molecule has 150 valence electrons. The number of rotatable bonds is 7. The van der Waals surface area contributed by atoms with Gasteiger partial charge in [0.25, 0.3) is 11.6 Å². The van der Waals surface area contributed by atoms with Crippen LogP contribution in [0.1, 0.15) is 11.1 Å². The Kier molecular flexibility index (Phi) is 6.57. The van der Waals surface area contributed by atoms with E-state index in [1.807, 2.05) is 0 Å². The molecule has 0 bridgehead atoms. The molecule has 7 nitrogen and oxygen atoms in total.